The van der Waals surface area contributed by atoms with Crippen LogP contribution in [-0.4, -0.2) is 31.7 Å². The first-order valence-electron chi connectivity index (χ1n) is 9.08. The van der Waals surface area contributed by atoms with Crippen LogP contribution in [0.2, 0.25) is 0 Å². The van der Waals surface area contributed by atoms with E-state index in [-0.39, 0.29) is 23.9 Å². The van der Waals surface area contributed by atoms with Crippen LogP contribution >= 0.6 is 11.3 Å². The van der Waals surface area contributed by atoms with Crippen molar-refractivity contribution in [1.29, 1.82) is 0 Å². The van der Waals surface area contributed by atoms with E-state index >= 15 is 0 Å². The quantitative estimate of drug-likeness (QED) is 0.727. The molecule has 0 fully saturated rings. The van der Waals surface area contributed by atoms with Gasteiger partial charge in [0.05, 0.1) is 11.4 Å². The smallest absolute Gasteiger partial charge is 0.224 e. The van der Waals surface area contributed by atoms with Crippen molar-refractivity contribution in [3.8, 4) is 11.5 Å². The number of fused-ring (bicyclic) bond motifs is 1. The largest absolute Gasteiger partial charge is 0.353 e. The summed E-state index contributed by atoms with van der Waals surface area (Å²) in [6.07, 6.45) is 1.91. The lowest BCUT2D eigenvalue weighted by atomic mass is 10.1. The second kappa shape index (κ2) is 7.75. The summed E-state index contributed by atoms with van der Waals surface area (Å²) in [6.45, 7) is 2.61. The molecule has 0 radical (unpaired) electrons. The zero-order chi connectivity index (χ0) is 19.7. The molecule has 0 aliphatic carbocycles. The molecule has 0 bridgehead atoms. The van der Waals surface area contributed by atoms with Gasteiger partial charge in [-0.25, -0.2) is 13.8 Å². The number of halogens is 2. The summed E-state index contributed by atoms with van der Waals surface area (Å²) in [7, 11) is 0. The van der Waals surface area contributed by atoms with Gasteiger partial charge in [0.15, 0.2) is 17.5 Å². The number of benzene rings is 1. The molecule has 0 spiro atoms. The Morgan fingerprint density at radius 1 is 1.32 bits per heavy atom. The van der Waals surface area contributed by atoms with Gasteiger partial charge in [0.1, 0.15) is 11.5 Å². The van der Waals surface area contributed by atoms with Gasteiger partial charge in [-0.15, -0.1) is 21.5 Å². The number of carbonyl (C=O) groups excluding carboxylic acids is 1. The number of hydrogen-bond donors (Lipinski definition) is 1. The molecule has 6 nitrogen and oxygen atoms in total. The lowest BCUT2D eigenvalue weighted by Gasteiger charge is -2.16. The summed E-state index contributed by atoms with van der Waals surface area (Å²) in [5.41, 5.74) is 0.870. The Kier molecular flexibility index (Phi) is 5.17. The van der Waals surface area contributed by atoms with E-state index in [0.717, 1.165) is 28.4 Å². The normalized spacial score (nSPS) is 16.5. The van der Waals surface area contributed by atoms with Crippen molar-refractivity contribution in [2.45, 2.75) is 45.2 Å². The van der Waals surface area contributed by atoms with Crippen molar-refractivity contribution in [3.63, 3.8) is 0 Å². The summed E-state index contributed by atoms with van der Waals surface area (Å²) < 4.78 is 29.1. The molecule has 146 valence electrons. The lowest BCUT2D eigenvalue weighted by Crippen LogP contribution is -2.36. The molecule has 0 saturated heterocycles. The van der Waals surface area contributed by atoms with Crippen molar-refractivity contribution in [2.75, 3.05) is 0 Å². The Morgan fingerprint density at radius 3 is 2.96 bits per heavy atom. The second-order valence-electron chi connectivity index (χ2n) is 6.82. The molecule has 1 aliphatic rings. The maximum atomic E-state index is 13.8. The van der Waals surface area contributed by atoms with E-state index in [1.165, 1.54) is 12.1 Å². The minimum Gasteiger partial charge on any atom is -0.353 e. The van der Waals surface area contributed by atoms with E-state index in [2.05, 4.69) is 20.5 Å². The van der Waals surface area contributed by atoms with Crippen LogP contribution in [0.3, 0.4) is 0 Å². The molecule has 1 aromatic carbocycles. The third-order valence-corrected chi connectivity index (χ3v) is 5.61. The van der Waals surface area contributed by atoms with Crippen molar-refractivity contribution in [3.05, 3.63) is 51.6 Å². The number of amides is 1. The number of nitrogens with zero attached hydrogens (tertiary/aromatic N) is 4. The molecule has 1 N–H and O–H groups in total. The van der Waals surface area contributed by atoms with E-state index < -0.39 is 11.6 Å². The van der Waals surface area contributed by atoms with Crippen LogP contribution < -0.4 is 5.32 Å². The van der Waals surface area contributed by atoms with Gasteiger partial charge >= 0.3 is 0 Å². The van der Waals surface area contributed by atoms with Crippen LogP contribution in [0.15, 0.2) is 23.6 Å². The number of carbonyl (C=O) groups is 1. The van der Waals surface area contributed by atoms with Crippen LogP contribution in [-0.2, 0) is 24.2 Å². The number of thiazole rings is 1. The molecule has 1 unspecified atom stereocenters. The SMILES string of the molecule is Cc1nc(-c2nnc3n2CCC(NC(=O)Cc2cccc(F)c2F)CC3)cs1. The Hall–Kier alpha value is -2.68. The number of rotatable bonds is 4. The van der Waals surface area contributed by atoms with Crippen molar-refractivity contribution in [1.82, 2.24) is 25.1 Å². The monoisotopic (exact) mass is 403 g/mol. The van der Waals surface area contributed by atoms with E-state index in [0.29, 0.717) is 25.8 Å². The van der Waals surface area contributed by atoms with Gasteiger partial charge in [0.2, 0.25) is 5.91 Å². The van der Waals surface area contributed by atoms with Crippen LogP contribution in [0.5, 0.6) is 0 Å². The maximum Gasteiger partial charge on any atom is 0.224 e. The second-order valence-corrected chi connectivity index (χ2v) is 7.89. The van der Waals surface area contributed by atoms with Crippen molar-refractivity contribution >= 4 is 17.2 Å². The minimum atomic E-state index is -0.965. The Labute approximate surface area is 164 Å². The molecule has 1 amide bonds. The average molecular weight is 403 g/mol. The number of hydrogen-bond acceptors (Lipinski definition) is 5. The van der Waals surface area contributed by atoms with E-state index in [4.69, 9.17) is 0 Å². The molecule has 1 aliphatic heterocycles. The Balaban J connectivity index is 1.41. The number of aromatic nitrogens is 4. The van der Waals surface area contributed by atoms with Crippen LogP contribution in [0.25, 0.3) is 11.5 Å². The van der Waals surface area contributed by atoms with Gasteiger partial charge in [-0.2, -0.15) is 0 Å². The van der Waals surface area contributed by atoms with Gasteiger partial charge in [-0.3, -0.25) is 4.79 Å². The standard InChI is InChI=1S/C19H19F2N5OS/c1-11-22-15(10-28-11)19-25-24-16-6-5-13(7-8-26(16)19)23-17(27)9-12-3-2-4-14(20)18(12)21/h2-4,10,13H,5-9H2,1H3,(H,23,27). The molecule has 2 aromatic heterocycles. The lowest BCUT2D eigenvalue weighted by molar-refractivity contribution is -0.121. The van der Waals surface area contributed by atoms with E-state index in [9.17, 15) is 13.6 Å². The highest BCUT2D eigenvalue weighted by atomic mass is 32.1. The topological polar surface area (TPSA) is 72.7 Å². The first kappa shape index (κ1) is 18.7. The zero-order valence-corrected chi connectivity index (χ0v) is 16.1. The molecule has 3 heterocycles. The summed E-state index contributed by atoms with van der Waals surface area (Å²) in [6, 6.07) is 3.81. The van der Waals surface area contributed by atoms with Crippen molar-refractivity contribution < 1.29 is 13.6 Å². The van der Waals surface area contributed by atoms with Crippen LogP contribution in [0.4, 0.5) is 8.78 Å². The van der Waals surface area contributed by atoms with Gasteiger partial charge < -0.3 is 9.88 Å². The van der Waals surface area contributed by atoms with E-state index in [1.807, 2.05) is 16.9 Å². The first-order chi connectivity index (χ1) is 13.5. The zero-order valence-electron chi connectivity index (χ0n) is 15.3. The minimum absolute atomic E-state index is 0.0594. The van der Waals surface area contributed by atoms with Crippen molar-refractivity contribution in [2.24, 2.45) is 0 Å². The molecule has 4 rings (SSSR count). The summed E-state index contributed by atoms with van der Waals surface area (Å²) in [5, 5.41) is 14.4. The van der Waals surface area contributed by atoms with Crippen LogP contribution in [0, 0.1) is 18.6 Å². The van der Waals surface area contributed by atoms with Crippen LogP contribution in [0.1, 0.15) is 29.2 Å². The summed E-state index contributed by atoms with van der Waals surface area (Å²) in [4.78, 5) is 16.8. The molecule has 0 saturated carbocycles. The molecule has 28 heavy (non-hydrogen) atoms. The molecular weight excluding hydrogens is 384 g/mol. The van der Waals surface area contributed by atoms with Gasteiger partial charge in [-0.1, -0.05) is 12.1 Å². The maximum absolute atomic E-state index is 13.8. The predicted molar refractivity (Wildman–Crippen MR) is 101 cm³/mol. The molecule has 3 aromatic rings. The predicted octanol–water partition coefficient (Wildman–Crippen LogP) is 3.05. The third kappa shape index (κ3) is 3.80. The van der Waals surface area contributed by atoms with Gasteiger partial charge in [-0.05, 0) is 25.8 Å². The first-order valence-corrected chi connectivity index (χ1v) is 9.96. The third-order valence-electron chi connectivity index (χ3n) is 4.84. The van der Waals surface area contributed by atoms with E-state index in [1.54, 1.807) is 11.3 Å². The number of aryl methyl sites for hydroxylation is 2. The fourth-order valence-electron chi connectivity index (χ4n) is 3.42. The number of nitrogens with one attached hydrogen (secondary N) is 1. The van der Waals surface area contributed by atoms with Gasteiger partial charge in [0, 0.05) is 30.0 Å². The Bertz CT molecular complexity index is 1020. The molecule has 1 atom stereocenters. The highest BCUT2D eigenvalue weighted by Crippen LogP contribution is 2.24. The summed E-state index contributed by atoms with van der Waals surface area (Å²) in [5.74, 6) is -0.611. The molecule has 9 heteroatoms. The fraction of sp³-hybridized carbons (Fsp3) is 0.368. The van der Waals surface area contributed by atoms with Gasteiger partial charge in [0.25, 0.3) is 0 Å². The summed E-state index contributed by atoms with van der Waals surface area (Å²) >= 11 is 1.56. The highest BCUT2D eigenvalue weighted by Gasteiger charge is 2.23. The average Bonchev–Trinajstić information content (AvgIpc) is 3.22. The molecular formula is C19H19F2N5OS. The Morgan fingerprint density at radius 2 is 2.18 bits per heavy atom. The highest BCUT2D eigenvalue weighted by molar-refractivity contribution is 7.09. The fourth-order valence-corrected chi connectivity index (χ4v) is 4.02.